The van der Waals surface area contributed by atoms with Gasteiger partial charge in [0.15, 0.2) is 0 Å². The van der Waals surface area contributed by atoms with Gasteiger partial charge in [-0.1, -0.05) is 12.2 Å². The average Bonchev–Trinajstić information content (AvgIpc) is 2.82. The first-order valence-electron chi connectivity index (χ1n) is 5.51. The summed E-state index contributed by atoms with van der Waals surface area (Å²) in [5.74, 6) is 0.689. The second-order valence-electron chi connectivity index (χ2n) is 3.92. The molecule has 2 aromatic heterocycles. The summed E-state index contributed by atoms with van der Waals surface area (Å²) in [6, 6.07) is 2.08. The van der Waals surface area contributed by atoms with E-state index in [9.17, 15) is 0 Å². The van der Waals surface area contributed by atoms with Crippen LogP contribution in [-0.4, -0.2) is 30.8 Å². The lowest BCUT2D eigenvalue weighted by molar-refractivity contribution is 0.559. The molecule has 3 N–H and O–H groups in total. The van der Waals surface area contributed by atoms with Gasteiger partial charge in [-0.2, -0.15) is 5.10 Å². The third-order valence-corrected chi connectivity index (χ3v) is 2.53. The standard InChI is InChI=1S/C11H14N6S/c1-8(7-17-4-2-3-15-17)16-10-6-13-9(5-14-10)11(12)18/h2-6,8H,7H2,1H3,(H2,12,18)(H,14,16). The summed E-state index contributed by atoms with van der Waals surface area (Å²) in [5.41, 5.74) is 5.98. The Labute approximate surface area is 110 Å². The van der Waals surface area contributed by atoms with Crippen molar-refractivity contribution in [1.29, 1.82) is 0 Å². The fourth-order valence-electron chi connectivity index (χ4n) is 1.52. The van der Waals surface area contributed by atoms with E-state index >= 15 is 0 Å². The third-order valence-electron chi connectivity index (χ3n) is 2.32. The topological polar surface area (TPSA) is 81.7 Å². The quantitative estimate of drug-likeness (QED) is 0.776. The molecule has 0 bridgehead atoms. The minimum absolute atomic E-state index is 0.190. The zero-order valence-electron chi connectivity index (χ0n) is 9.95. The van der Waals surface area contributed by atoms with Gasteiger partial charge in [-0.25, -0.2) is 9.97 Å². The Morgan fingerprint density at radius 2 is 2.33 bits per heavy atom. The van der Waals surface area contributed by atoms with Crippen LogP contribution in [0.15, 0.2) is 30.9 Å². The van der Waals surface area contributed by atoms with E-state index in [0.29, 0.717) is 11.5 Å². The number of hydrogen-bond donors (Lipinski definition) is 2. The molecule has 7 heteroatoms. The maximum atomic E-state index is 5.45. The summed E-state index contributed by atoms with van der Waals surface area (Å²) in [6.07, 6.45) is 6.85. The molecule has 0 aromatic carbocycles. The Bertz CT molecular complexity index is 507. The van der Waals surface area contributed by atoms with Crippen molar-refractivity contribution in [3.63, 3.8) is 0 Å². The molecule has 0 fully saturated rings. The SMILES string of the molecule is CC(Cn1cccn1)Nc1cnc(C(N)=S)cn1. The Morgan fingerprint density at radius 1 is 1.50 bits per heavy atom. The molecule has 0 amide bonds. The summed E-state index contributed by atoms with van der Waals surface area (Å²) >= 11 is 4.81. The molecule has 0 spiro atoms. The fraction of sp³-hybridized carbons (Fsp3) is 0.273. The molecule has 0 aliphatic rings. The monoisotopic (exact) mass is 262 g/mol. The van der Waals surface area contributed by atoms with Gasteiger partial charge in [0.05, 0.1) is 18.9 Å². The highest BCUT2D eigenvalue weighted by molar-refractivity contribution is 7.80. The molecule has 18 heavy (non-hydrogen) atoms. The number of thiocarbonyl (C=S) groups is 1. The first kappa shape index (κ1) is 12.4. The van der Waals surface area contributed by atoms with Crippen LogP contribution in [0.3, 0.4) is 0 Å². The first-order valence-corrected chi connectivity index (χ1v) is 5.92. The number of aromatic nitrogens is 4. The van der Waals surface area contributed by atoms with Crippen molar-refractivity contribution in [2.75, 3.05) is 5.32 Å². The van der Waals surface area contributed by atoms with Crippen LogP contribution in [0.25, 0.3) is 0 Å². The van der Waals surface area contributed by atoms with E-state index in [0.717, 1.165) is 6.54 Å². The summed E-state index contributed by atoms with van der Waals surface area (Å²) < 4.78 is 1.86. The minimum atomic E-state index is 0.190. The number of nitrogens with zero attached hydrogens (tertiary/aromatic N) is 4. The largest absolute Gasteiger partial charge is 0.388 e. The number of nitrogens with one attached hydrogen (secondary N) is 1. The van der Waals surface area contributed by atoms with Crippen LogP contribution in [0.2, 0.25) is 0 Å². The van der Waals surface area contributed by atoms with Crippen LogP contribution in [0, 0.1) is 0 Å². The van der Waals surface area contributed by atoms with E-state index in [1.165, 1.54) is 0 Å². The molecule has 2 aromatic rings. The van der Waals surface area contributed by atoms with E-state index in [-0.39, 0.29) is 11.0 Å². The van der Waals surface area contributed by atoms with E-state index in [4.69, 9.17) is 18.0 Å². The average molecular weight is 262 g/mol. The van der Waals surface area contributed by atoms with Gasteiger partial charge in [-0.15, -0.1) is 0 Å². The molecule has 0 aliphatic carbocycles. The molecular weight excluding hydrogens is 248 g/mol. The zero-order chi connectivity index (χ0) is 13.0. The van der Waals surface area contributed by atoms with Gasteiger partial charge in [-0.05, 0) is 13.0 Å². The van der Waals surface area contributed by atoms with Crippen LogP contribution in [0.4, 0.5) is 5.82 Å². The lowest BCUT2D eigenvalue weighted by atomic mass is 10.3. The Kier molecular flexibility index (Phi) is 3.83. The zero-order valence-corrected chi connectivity index (χ0v) is 10.8. The molecule has 2 rings (SSSR count). The lowest BCUT2D eigenvalue weighted by Gasteiger charge is -2.14. The highest BCUT2D eigenvalue weighted by Crippen LogP contribution is 2.04. The Morgan fingerprint density at radius 3 is 2.89 bits per heavy atom. The van der Waals surface area contributed by atoms with Gasteiger partial charge in [0.25, 0.3) is 0 Å². The molecule has 94 valence electrons. The summed E-state index contributed by atoms with van der Waals surface area (Å²) in [6.45, 7) is 2.80. The third kappa shape index (κ3) is 3.24. The molecule has 0 aliphatic heterocycles. The van der Waals surface area contributed by atoms with Crippen LogP contribution in [0.5, 0.6) is 0 Å². The number of rotatable bonds is 5. The second kappa shape index (κ2) is 5.54. The highest BCUT2D eigenvalue weighted by Gasteiger charge is 2.05. The number of hydrogen-bond acceptors (Lipinski definition) is 5. The molecule has 6 nitrogen and oxygen atoms in total. The molecule has 1 unspecified atom stereocenters. The minimum Gasteiger partial charge on any atom is -0.388 e. The molecule has 0 saturated carbocycles. The smallest absolute Gasteiger partial charge is 0.144 e. The van der Waals surface area contributed by atoms with Crippen molar-refractivity contribution in [2.24, 2.45) is 5.73 Å². The predicted octanol–water partition coefficient (Wildman–Crippen LogP) is 0.808. The molecule has 0 saturated heterocycles. The second-order valence-corrected chi connectivity index (χ2v) is 4.36. The van der Waals surface area contributed by atoms with E-state index < -0.39 is 0 Å². The van der Waals surface area contributed by atoms with Gasteiger partial charge < -0.3 is 11.1 Å². The Hall–Kier alpha value is -2.02. The maximum Gasteiger partial charge on any atom is 0.144 e. The Balaban J connectivity index is 1.94. The van der Waals surface area contributed by atoms with Gasteiger partial charge in [0, 0.05) is 18.4 Å². The van der Waals surface area contributed by atoms with Crippen molar-refractivity contribution in [1.82, 2.24) is 19.7 Å². The van der Waals surface area contributed by atoms with Crippen molar-refractivity contribution in [2.45, 2.75) is 19.5 Å². The predicted molar refractivity (Wildman–Crippen MR) is 73.2 cm³/mol. The maximum absolute atomic E-state index is 5.45. The van der Waals surface area contributed by atoms with Gasteiger partial charge in [0.1, 0.15) is 16.5 Å². The first-order chi connectivity index (χ1) is 8.65. The van der Waals surface area contributed by atoms with E-state index in [1.807, 2.05) is 23.9 Å². The number of anilines is 1. The van der Waals surface area contributed by atoms with Crippen LogP contribution >= 0.6 is 12.2 Å². The van der Waals surface area contributed by atoms with Gasteiger partial charge in [0.2, 0.25) is 0 Å². The van der Waals surface area contributed by atoms with Gasteiger partial charge >= 0.3 is 0 Å². The molecular formula is C11H14N6S. The van der Waals surface area contributed by atoms with Crippen LogP contribution < -0.4 is 11.1 Å². The van der Waals surface area contributed by atoms with Gasteiger partial charge in [-0.3, -0.25) is 4.68 Å². The fourth-order valence-corrected chi connectivity index (χ4v) is 1.62. The normalized spacial score (nSPS) is 12.1. The molecule has 0 radical (unpaired) electrons. The molecule has 2 heterocycles. The van der Waals surface area contributed by atoms with Crippen LogP contribution in [0.1, 0.15) is 12.6 Å². The summed E-state index contributed by atoms with van der Waals surface area (Å²) in [7, 11) is 0. The van der Waals surface area contributed by atoms with E-state index in [1.54, 1.807) is 18.6 Å². The van der Waals surface area contributed by atoms with Crippen molar-refractivity contribution < 1.29 is 0 Å². The van der Waals surface area contributed by atoms with Crippen molar-refractivity contribution in [3.05, 3.63) is 36.5 Å². The highest BCUT2D eigenvalue weighted by atomic mass is 32.1. The number of nitrogens with two attached hydrogens (primary N) is 1. The van der Waals surface area contributed by atoms with Crippen molar-refractivity contribution in [3.8, 4) is 0 Å². The molecule has 1 atom stereocenters. The van der Waals surface area contributed by atoms with E-state index in [2.05, 4.69) is 20.4 Å². The van der Waals surface area contributed by atoms with Crippen LogP contribution in [-0.2, 0) is 6.54 Å². The summed E-state index contributed by atoms with van der Waals surface area (Å²) in [5, 5.41) is 7.37. The summed E-state index contributed by atoms with van der Waals surface area (Å²) in [4.78, 5) is 8.56. The van der Waals surface area contributed by atoms with Crippen molar-refractivity contribution >= 4 is 23.0 Å². The lowest BCUT2D eigenvalue weighted by Crippen LogP contribution is -2.23.